The summed E-state index contributed by atoms with van der Waals surface area (Å²) in [7, 11) is 0. The molecule has 2 heterocycles. The van der Waals surface area contributed by atoms with E-state index in [4.69, 9.17) is 10.9 Å². The van der Waals surface area contributed by atoms with Crippen molar-refractivity contribution in [2.24, 2.45) is 16.8 Å². The van der Waals surface area contributed by atoms with Crippen LogP contribution in [0.4, 0.5) is 5.82 Å². The monoisotopic (exact) mass is 278 g/mol. The van der Waals surface area contributed by atoms with Crippen LogP contribution in [-0.2, 0) is 0 Å². The van der Waals surface area contributed by atoms with Crippen molar-refractivity contribution in [3.05, 3.63) is 22.9 Å². The second-order valence-electron chi connectivity index (χ2n) is 5.54. The van der Waals surface area contributed by atoms with Crippen LogP contribution in [0.5, 0.6) is 0 Å². The number of aromatic nitrogens is 1. The zero-order chi connectivity index (χ0) is 14.9. The Labute approximate surface area is 118 Å². The molecule has 6 nitrogen and oxygen atoms in total. The van der Waals surface area contributed by atoms with Crippen molar-refractivity contribution in [1.29, 1.82) is 0 Å². The molecule has 1 fully saturated rings. The molecule has 0 radical (unpaired) electrons. The van der Waals surface area contributed by atoms with Gasteiger partial charge in [0.2, 0.25) is 0 Å². The molecule has 1 aromatic heterocycles. The Bertz CT molecular complexity index is 530. The largest absolute Gasteiger partial charge is 0.409 e. The summed E-state index contributed by atoms with van der Waals surface area (Å²) in [5.41, 5.74) is 8.29. The first-order valence-electron chi connectivity index (χ1n) is 6.83. The molecule has 1 aromatic rings. The SMILES string of the molecule is Cc1cc(C)c(/C(N)=N/O)c(N2CCC(O)C(C)C2)n1. The van der Waals surface area contributed by atoms with Gasteiger partial charge in [-0.3, -0.25) is 0 Å². The van der Waals surface area contributed by atoms with Gasteiger partial charge in [-0.25, -0.2) is 4.98 Å². The smallest absolute Gasteiger partial charge is 0.174 e. The second kappa shape index (κ2) is 5.66. The van der Waals surface area contributed by atoms with Crippen LogP contribution in [0.2, 0.25) is 0 Å². The zero-order valence-electron chi connectivity index (χ0n) is 12.2. The third-order valence-electron chi connectivity index (χ3n) is 3.85. The van der Waals surface area contributed by atoms with Crippen LogP contribution < -0.4 is 10.6 Å². The van der Waals surface area contributed by atoms with Crippen molar-refractivity contribution in [1.82, 2.24) is 4.98 Å². The first kappa shape index (κ1) is 14.6. The average Bonchev–Trinajstić information content (AvgIpc) is 2.40. The number of aliphatic hydroxyl groups is 1. The summed E-state index contributed by atoms with van der Waals surface area (Å²) in [5, 5.41) is 21.9. The molecular weight excluding hydrogens is 256 g/mol. The molecule has 4 N–H and O–H groups in total. The summed E-state index contributed by atoms with van der Waals surface area (Å²) in [6.45, 7) is 7.29. The fourth-order valence-electron chi connectivity index (χ4n) is 2.74. The number of nitrogens with zero attached hydrogens (tertiary/aromatic N) is 3. The Morgan fingerprint density at radius 1 is 1.50 bits per heavy atom. The van der Waals surface area contributed by atoms with Crippen LogP contribution in [0, 0.1) is 19.8 Å². The van der Waals surface area contributed by atoms with Gasteiger partial charge in [0.15, 0.2) is 5.84 Å². The number of aryl methyl sites for hydroxylation is 2. The number of nitrogens with two attached hydrogens (primary N) is 1. The minimum Gasteiger partial charge on any atom is -0.409 e. The van der Waals surface area contributed by atoms with Crippen molar-refractivity contribution in [3.8, 4) is 0 Å². The van der Waals surface area contributed by atoms with Crippen molar-refractivity contribution in [3.63, 3.8) is 0 Å². The quantitative estimate of drug-likeness (QED) is 0.325. The standard InChI is InChI=1S/C14H22N4O2/c1-8-6-10(3)16-14(12(8)13(15)17-20)18-5-4-11(19)9(2)7-18/h6,9,11,19-20H,4-5,7H2,1-3H3,(H2,15,17). The Kier molecular flexibility index (Phi) is 4.13. The lowest BCUT2D eigenvalue weighted by Crippen LogP contribution is -2.43. The highest BCUT2D eigenvalue weighted by Gasteiger charge is 2.27. The van der Waals surface area contributed by atoms with Gasteiger partial charge in [0.05, 0.1) is 11.7 Å². The summed E-state index contributed by atoms with van der Waals surface area (Å²) < 4.78 is 0. The molecule has 2 atom stereocenters. The maximum atomic E-state index is 9.84. The summed E-state index contributed by atoms with van der Waals surface area (Å²) >= 11 is 0. The van der Waals surface area contributed by atoms with Gasteiger partial charge in [-0.1, -0.05) is 12.1 Å². The van der Waals surface area contributed by atoms with Crippen LogP contribution in [0.15, 0.2) is 11.2 Å². The molecule has 1 aliphatic heterocycles. The summed E-state index contributed by atoms with van der Waals surface area (Å²) in [6, 6.07) is 1.92. The first-order valence-corrected chi connectivity index (χ1v) is 6.83. The molecule has 2 unspecified atom stereocenters. The van der Waals surface area contributed by atoms with Gasteiger partial charge >= 0.3 is 0 Å². The molecule has 0 aliphatic carbocycles. The van der Waals surface area contributed by atoms with E-state index in [1.807, 2.05) is 26.8 Å². The van der Waals surface area contributed by atoms with Crippen LogP contribution >= 0.6 is 0 Å². The number of oxime groups is 1. The molecule has 0 spiro atoms. The number of rotatable bonds is 2. The van der Waals surface area contributed by atoms with Gasteiger partial charge in [-0.05, 0) is 37.8 Å². The first-order chi connectivity index (χ1) is 9.43. The van der Waals surface area contributed by atoms with Gasteiger partial charge < -0.3 is 20.9 Å². The highest BCUT2D eigenvalue weighted by atomic mass is 16.4. The van der Waals surface area contributed by atoms with E-state index in [1.165, 1.54) is 0 Å². The molecule has 2 rings (SSSR count). The Balaban J connectivity index is 2.45. The number of pyridine rings is 1. The minimum atomic E-state index is -0.274. The fraction of sp³-hybridized carbons (Fsp3) is 0.571. The Morgan fingerprint density at radius 3 is 2.80 bits per heavy atom. The lowest BCUT2D eigenvalue weighted by molar-refractivity contribution is 0.0968. The van der Waals surface area contributed by atoms with E-state index in [0.29, 0.717) is 25.1 Å². The minimum absolute atomic E-state index is 0.0729. The number of aliphatic hydroxyl groups excluding tert-OH is 1. The van der Waals surface area contributed by atoms with Crippen LogP contribution in [0.1, 0.15) is 30.2 Å². The van der Waals surface area contributed by atoms with E-state index in [2.05, 4.69) is 15.0 Å². The highest BCUT2D eigenvalue weighted by molar-refractivity contribution is 6.02. The molecule has 0 amide bonds. The third-order valence-corrected chi connectivity index (χ3v) is 3.85. The molecule has 1 saturated heterocycles. The number of hydrogen-bond acceptors (Lipinski definition) is 5. The fourth-order valence-corrected chi connectivity index (χ4v) is 2.74. The normalized spacial score (nSPS) is 24.0. The van der Waals surface area contributed by atoms with Crippen LogP contribution in [0.25, 0.3) is 0 Å². The highest BCUT2D eigenvalue weighted by Crippen LogP contribution is 2.27. The van der Waals surface area contributed by atoms with E-state index in [1.54, 1.807) is 0 Å². The Hall–Kier alpha value is -1.82. The van der Waals surface area contributed by atoms with Gasteiger partial charge in [0.25, 0.3) is 0 Å². The lowest BCUT2D eigenvalue weighted by atomic mass is 9.96. The molecule has 110 valence electrons. The molecule has 20 heavy (non-hydrogen) atoms. The molecular formula is C14H22N4O2. The summed E-state index contributed by atoms with van der Waals surface area (Å²) in [5.74, 6) is 0.979. The number of anilines is 1. The lowest BCUT2D eigenvalue weighted by Gasteiger charge is -2.36. The predicted molar refractivity (Wildman–Crippen MR) is 78.2 cm³/mol. The molecule has 0 bridgehead atoms. The summed E-state index contributed by atoms with van der Waals surface area (Å²) in [6.07, 6.45) is 0.426. The van der Waals surface area contributed by atoms with Crippen molar-refractivity contribution >= 4 is 11.7 Å². The molecule has 6 heteroatoms. The number of piperidine rings is 1. The second-order valence-corrected chi connectivity index (χ2v) is 5.54. The van der Waals surface area contributed by atoms with E-state index in [9.17, 15) is 5.11 Å². The third kappa shape index (κ3) is 2.70. The van der Waals surface area contributed by atoms with E-state index in [-0.39, 0.29) is 17.9 Å². The van der Waals surface area contributed by atoms with Crippen molar-refractivity contribution in [2.45, 2.75) is 33.3 Å². The molecule has 1 aliphatic rings. The average molecular weight is 278 g/mol. The van der Waals surface area contributed by atoms with E-state index >= 15 is 0 Å². The van der Waals surface area contributed by atoms with Gasteiger partial charge in [0, 0.05) is 18.8 Å². The van der Waals surface area contributed by atoms with Gasteiger partial charge in [0.1, 0.15) is 5.82 Å². The Morgan fingerprint density at radius 2 is 2.20 bits per heavy atom. The summed E-state index contributed by atoms with van der Waals surface area (Å²) in [4.78, 5) is 6.66. The van der Waals surface area contributed by atoms with E-state index in [0.717, 1.165) is 17.1 Å². The van der Waals surface area contributed by atoms with Gasteiger partial charge in [-0.15, -0.1) is 0 Å². The van der Waals surface area contributed by atoms with Crippen LogP contribution in [0.3, 0.4) is 0 Å². The van der Waals surface area contributed by atoms with Crippen molar-refractivity contribution in [2.75, 3.05) is 18.0 Å². The van der Waals surface area contributed by atoms with Crippen molar-refractivity contribution < 1.29 is 10.3 Å². The number of amidine groups is 1. The molecule has 0 saturated carbocycles. The molecule has 0 aromatic carbocycles. The van der Waals surface area contributed by atoms with Gasteiger partial charge in [-0.2, -0.15) is 0 Å². The maximum Gasteiger partial charge on any atom is 0.174 e. The predicted octanol–water partition coefficient (Wildman–Crippen LogP) is 1.00. The number of hydrogen-bond donors (Lipinski definition) is 3. The topological polar surface area (TPSA) is 95.0 Å². The zero-order valence-corrected chi connectivity index (χ0v) is 12.2. The maximum absolute atomic E-state index is 9.84. The van der Waals surface area contributed by atoms with E-state index < -0.39 is 0 Å². The van der Waals surface area contributed by atoms with Crippen LogP contribution in [-0.4, -0.2) is 40.3 Å².